The average molecular weight is 313 g/mol. The summed E-state index contributed by atoms with van der Waals surface area (Å²) >= 11 is 7.48. The third-order valence-electron chi connectivity index (χ3n) is 3.17. The van der Waals surface area contributed by atoms with Crippen LogP contribution in [0.5, 0.6) is 0 Å². The lowest BCUT2D eigenvalue weighted by Gasteiger charge is -2.07. The smallest absolute Gasteiger partial charge is 0.153 e. The van der Waals surface area contributed by atoms with Gasteiger partial charge in [0.05, 0.1) is 11.4 Å². The van der Waals surface area contributed by atoms with Crippen molar-refractivity contribution in [3.05, 3.63) is 52.0 Å². The zero-order chi connectivity index (χ0) is 14.1. The third-order valence-corrected chi connectivity index (χ3v) is 4.15. The number of aromatic nitrogens is 2. The summed E-state index contributed by atoms with van der Waals surface area (Å²) in [5, 5.41) is 4.06. The van der Waals surface area contributed by atoms with Crippen LogP contribution in [0.1, 0.15) is 11.4 Å². The molecule has 2 heterocycles. The molecule has 0 unspecified atom stereocenters. The van der Waals surface area contributed by atoms with E-state index in [1.54, 1.807) is 15.9 Å². The average Bonchev–Trinajstić information content (AvgIpc) is 3.03. The second kappa shape index (κ2) is 5.50. The summed E-state index contributed by atoms with van der Waals surface area (Å²) in [7, 11) is 0. The minimum absolute atomic E-state index is 0.166. The zero-order valence-electron chi connectivity index (χ0n) is 10.4. The van der Waals surface area contributed by atoms with E-state index in [9.17, 15) is 8.78 Å². The Morgan fingerprint density at radius 3 is 2.85 bits per heavy atom. The predicted octanol–water partition coefficient (Wildman–Crippen LogP) is 4.36. The summed E-state index contributed by atoms with van der Waals surface area (Å²) in [6, 6.07) is 4.18. The van der Waals surface area contributed by atoms with Crippen LogP contribution in [-0.4, -0.2) is 9.55 Å². The van der Waals surface area contributed by atoms with Gasteiger partial charge in [0, 0.05) is 12.6 Å². The molecule has 2 nitrogen and oxygen atoms in total. The van der Waals surface area contributed by atoms with Crippen LogP contribution in [0.2, 0.25) is 0 Å². The lowest BCUT2D eigenvalue weighted by atomic mass is 10.2. The SMILES string of the molecule is Fc1cc(F)c2nc(CCl)n(CCc3ccsc3)c2c1. The first-order valence-electron chi connectivity index (χ1n) is 6.10. The van der Waals surface area contributed by atoms with Gasteiger partial charge in [-0.25, -0.2) is 13.8 Å². The quantitative estimate of drug-likeness (QED) is 0.655. The van der Waals surface area contributed by atoms with Gasteiger partial charge in [0.15, 0.2) is 5.82 Å². The van der Waals surface area contributed by atoms with Gasteiger partial charge in [-0.15, -0.1) is 11.6 Å². The van der Waals surface area contributed by atoms with Crippen molar-refractivity contribution in [1.29, 1.82) is 0 Å². The standard InChI is InChI=1S/C14H11ClF2N2S/c15-7-13-18-14-11(17)5-10(16)6-12(14)19(13)3-1-9-2-4-20-8-9/h2,4-6,8H,1,3,7H2. The molecule has 0 aliphatic rings. The Balaban J connectivity index is 2.03. The lowest BCUT2D eigenvalue weighted by Crippen LogP contribution is -2.04. The molecular weight excluding hydrogens is 302 g/mol. The molecule has 0 aliphatic carbocycles. The summed E-state index contributed by atoms with van der Waals surface area (Å²) in [6.45, 7) is 0.595. The fourth-order valence-corrected chi connectivity index (χ4v) is 3.13. The van der Waals surface area contributed by atoms with Crippen molar-refractivity contribution < 1.29 is 8.78 Å². The van der Waals surface area contributed by atoms with Crippen LogP contribution in [0.4, 0.5) is 8.78 Å². The normalized spacial score (nSPS) is 11.3. The number of alkyl halides is 1. The number of aryl methyl sites for hydroxylation is 2. The van der Waals surface area contributed by atoms with Crippen LogP contribution >= 0.6 is 22.9 Å². The molecule has 0 saturated heterocycles. The number of fused-ring (bicyclic) bond motifs is 1. The molecular formula is C14H11ClF2N2S. The molecule has 3 aromatic rings. The maximum Gasteiger partial charge on any atom is 0.153 e. The second-order valence-corrected chi connectivity index (χ2v) is 5.50. The molecule has 3 rings (SSSR count). The summed E-state index contributed by atoms with van der Waals surface area (Å²) in [5.74, 6) is -0.533. The minimum Gasteiger partial charge on any atom is -0.326 e. The van der Waals surface area contributed by atoms with Gasteiger partial charge in [0.25, 0.3) is 0 Å². The number of hydrogen-bond donors (Lipinski definition) is 0. The predicted molar refractivity (Wildman–Crippen MR) is 77.2 cm³/mol. The molecule has 0 N–H and O–H groups in total. The molecule has 0 radical (unpaired) electrons. The van der Waals surface area contributed by atoms with Gasteiger partial charge >= 0.3 is 0 Å². The van der Waals surface area contributed by atoms with E-state index in [4.69, 9.17) is 11.6 Å². The summed E-state index contributed by atoms with van der Waals surface area (Å²) in [5.41, 5.74) is 1.81. The number of thiophene rings is 1. The summed E-state index contributed by atoms with van der Waals surface area (Å²) in [4.78, 5) is 4.16. The fourth-order valence-electron chi connectivity index (χ4n) is 2.22. The molecule has 0 saturated carbocycles. The topological polar surface area (TPSA) is 17.8 Å². The second-order valence-electron chi connectivity index (χ2n) is 4.45. The number of benzene rings is 1. The monoisotopic (exact) mass is 312 g/mol. The molecule has 0 atom stereocenters. The Bertz CT molecular complexity index is 737. The molecule has 0 amide bonds. The molecule has 2 aromatic heterocycles. The van der Waals surface area contributed by atoms with E-state index in [1.807, 2.05) is 11.4 Å². The van der Waals surface area contributed by atoms with Gasteiger partial charge in [-0.3, -0.25) is 0 Å². The lowest BCUT2D eigenvalue weighted by molar-refractivity contribution is 0.589. The molecule has 1 aromatic carbocycles. The highest BCUT2D eigenvalue weighted by atomic mass is 35.5. The number of imidazole rings is 1. The van der Waals surface area contributed by atoms with Crippen LogP contribution in [0.15, 0.2) is 29.0 Å². The van der Waals surface area contributed by atoms with Crippen molar-refractivity contribution in [3.63, 3.8) is 0 Å². The van der Waals surface area contributed by atoms with Gasteiger partial charge in [0.1, 0.15) is 17.2 Å². The molecule has 0 aliphatic heterocycles. The molecule has 0 spiro atoms. The largest absolute Gasteiger partial charge is 0.326 e. The number of rotatable bonds is 4. The van der Waals surface area contributed by atoms with Crippen LogP contribution < -0.4 is 0 Å². The van der Waals surface area contributed by atoms with Crippen molar-refractivity contribution in [3.8, 4) is 0 Å². The third kappa shape index (κ3) is 2.43. The van der Waals surface area contributed by atoms with Gasteiger partial charge in [0.2, 0.25) is 0 Å². The Hall–Kier alpha value is -1.46. The van der Waals surface area contributed by atoms with Gasteiger partial charge < -0.3 is 4.57 Å². The van der Waals surface area contributed by atoms with Crippen molar-refractivity contribution in [2.24, 2.45) is 0 Å². The van der Waals surface area contributed by atoms with Crippen LogP contribution in [0, 0.1) is 11.6 Å². The summed E-state index contributed by atoms with van der Waals surface area (Å²) in [6.07, 6.45) is 0.775. The number of nitrogens with zero attached hydrogens (tertiary/aromatic N) is 2. The molecule has 104 valence electrons. The van der Waals surface area contributed by atoms with E-state index in [1.165, 1.54) is 11.6 Å². The first kappa shape index (κ1) is 13.5. The maximum absolute atomic E-state index is 13.7. The van der Waals surface area contributed by atoms with Gasteiger partial charge in [-0.2, -0.15) is 11.3 Å². The molecule has 6 heteroatoms. The highest BCUT2D eigenvalue weighted by molar-refractivity contribution is 7.07. The molecule has 0 fully saturated rings. The van der Waals surface area contributed by atoms with Crippen molar-refractivity contribution in [2.75, 3.05) is 0 Å². The van der Waals surface area contributed by atoms with Crippen LogP contribution in [0.3, 0.4) is 0 Å². The van der Waals surface area contributed by atoms with Crippen molar-refractivity contribution >= 4 is 34.0 Å². The maximum atomic E-state index is 13.7. The van der Waals surface area contributed by atoms with Crippen LogP contribution in [-0.2, 0) is 18.8 Å². The van der Waals surface area contributed by atoms with E-state index in [-0.39, 0.29) is 11.4 Å². The highest BCUT2D eigenvalue weighted by Gasteiger charge is 2.15. The Kier molecular flexibility index (Phi) is 3.72. The minimum atomic E-state index is -0.652. The van der Waals surface area contributed by atoms with E-state index < -0.39 is 11.6 Å². The Morgan fingerprint density at radius 1 is 1.30 bits per heavy atom. The van der Waals surface area contributed by atoms with E-state index in [0.29, 0.717) is 17.9 Å². The zero-order valence-corrected chi connectivity index (χ0v) is 12.0. The van der Waals surface area contributed by atoms with Gasteiger partial charge in [-0.1, -0.05) is 0 Å². The first-order chi connectivity index (χ1) is 9.69. The molecule has 0 bridgehead atoms. The van der Waals surface area contributed by atoms with Crippen LogP contribution in [0.25, 0.3) is 11.0 Å². The van der Waals surface area contributed by atoms with E-state index in [0.717, 1.165) is 12.5 Å². The van der Waals surface area contributed by atoms with E-state index in [2.05, 4.69) is 10.4 Å². The highest BCUT2D eigenvalue weighted by Crippen LogP contribution is 2.22. The van der Waals surface area contributed by atoms with E-state index >= 15 is 0 Å². The van der Waals surface area contributed by atoms with Crippen molar-refractivity contribution in [1.82, 2.24) is 9.55 Å². The van der Waals surface area contributed by atoms with Crippen molar-refractivity contribution in [2.45, 2.75) is 18.8 Å². The Labute approximate surface area is 123 Å². The molecule has 20 heavy (non-hydrogen) atoms. The first-order valence-corrected chi connectivity index (χ1v) is 7.58. The Morgan fingerprint density at radius 2 is 2.15 bits per heavy atom. The number of halogens is 3. The number of hydrogen-bond acceptors (Lipinski definition) is 2. The fraction of sp³-hybridized carbons (Fsp3) is 0.214. The van der Waals surface area contributed by atoms with Gasteiger partial charge in [-0.05, 0) is 34.9 Å². The summed E-state index contributed by atoms with van der Waals surface area (Å²) < 4.78 is 28.9.